The van der Waals surface area contributed by atoms with Gasteiger partial charge in [-0.05, 0) is 40.7 Å². The first kappa shape index (κ1) is 12.4. The number of rotatable bonds is 3. The number of hydrogen-bond acceptors (Lipinski definition) is 3. The standard InChI is InChI=1S/C16H16O3/c17-16(18,19)9-8-11-5-3-7-14-13-6-2-1-4-12(13)10-15(11)14/h1-7,17-19H,8-10H2. The molecular weight excluding hydrogens is 240 g/mol. The molecule has 0 bridgehead atoms. The van der Waals surface area contributed by atoms with Gasteiger partial charge in [-0.15, -0.1) is 0 Å². The van der Waals surface area contributed by atoms with E-state index in [4.69, 9.17) is 15.3 Å². The lowest BCUT2D eigenvalue weighted by Gasteiger charge is -2.15. The Morgan fingerprint density at radius 2 is 1.63 bits per heavy atom. The van der Waals surface area contributed by atoms with Crippen molar-refractivity contribution in [2.45, 2.75) is 25.2 Å². The van der Waals surface area contributed by atoms with Gasteiger partial charge in [-0.2, -0.15) is 0 Å². The summed E-state index contributed by atoms with van der Waals surface area (Å²) < 4.78 is 0. The molecular formula is C16H16O3. The summed E-state index contributed by atoms with van der Waals surface area (Å²) in [6, 6.07) is 14.3. The van der Waals surface area contributed by atoms with E-state index in [2.05, 4.69) is 18.2 Å². The quantitative estimate of drug-likeness (QED) is 0.626. The van der Waals surface area contributed by atoms with Crippen LogP contribution in [0.1, 0.15) is 23.1 Å². The lowest BCUT2D eigenvalue weighted by Crippen LogP contribution is -2.27. The van der Waals surface area contributed by atoms with E-state index in [-0.39, 0.29) is 6.42 Å². The third kappa shape index (κ3) is 2.40. The number of benzene rings is 2. The molecule has 0 saturated heterocycles. The zero-order valence-corrected chi connectivity index (χ0v) is 10.5. The highest BCUT2D eigenvalue weighted by molar-refractivity contribution is 5.77. The van der Waals surface area contributed by atoms with E-state index in [1.54, 1.807) is 0 Å². The highest BCUT2D eigenvalue weighted by Gasteiger charge is 2.23. The van der Waals surface area contributed by atoms with Gasteiger partial charge in [0.15, 0.2) is 0 Å². The van der Waals surface area contributed by atoms with Gasteiger partial charge in [0, 0.05) is 6.42 Å². The van der Waals surface area contributed by atoms with E-state index in [1.807, 2.05) is 24.3 Å². The first-order valence-corrected chi connectivity index (χ1v) is 6.41. The second kappa shape index (κ2) is 4.46. The lowest BCUT2D eigenvalue weighted by molar-refractivity contribution is -0.314. The molecule has 0 amide bonds. The van der Waals surface area contributed by atoms with Gasteiger partial charge in [-0.25, -0.2) is 0 Å². The Balaban J connectivity index is 1.95. The topological polar surface area (TPSA) is 60.7 Å². The highest BCUT2D eigenvalue weighted by atomic mass is 16.7. The van der Waals surface area contributed by atoms with Crippen molar-refractivity contribution in [1.29, 1.82) is 0 Å². The van der Waals surface area contributed by atoms with E-state index >= 15 is 0 Å². The number of hydrogen-bond donors (Lipinski definition) is 3. The fourth-order valence-corrected chi connectivity index (χ4v) is 2.76. The van der Waals surface area contributed by atoms with Gasteiger partial charge in [0.05, 0.1) is 0 Å². The molecule has 0 spiro atoms. The predicted octanol–water partition coefficient (Wildman–Crippen LogP) is 1.82. The summed E-state index contributed by atoms with van der Waals surface area (Å²) in [4.78, 5) is 0. The van der Waals surface area contributed by atoms with Crippen LogP contribution in [0.3, 0.4) is 0 Å². The van der Waals surface area contributed by atoms with Crippen LogP contribution in [0.5, 0.6) is 0 Å². The normalized spacial score (nSPS) is 13.2. The van der Waals surface area contributed by atoms with E-state index in [9.17, 15) is 0 Å². The molecule has 3 heteroatoms. The minimum Gasteiger partial charge on any atom is -0.344 e. The van der Waals surface area contributed by atoms with Gasteiger partial charge in [0.2, 0.25) is 0 Å². The molecule has 3 N–H and O–H groups in total. The first-order chi connectivity index (χ1) is 9.04. The summed E-state index contributed by atoms with van der Waals surface area (Å²) in [6.45, 7) is 0. The van der Waals surface area contributed by atoms with E-state index in [0.29, 0.717) is 6.42 Å². The lowest BCUT2D eigenvalue weighted by atomic mass is 9.97. The van der Waals surface area contributed by atoms with E-state index in [0.717, 1.165) is 12.0 Å². The molecule has 0 aromatic heterocycles. The monoisotopic (exact) mass is 256 g/mol. The third-order valence-corrected chi connectivity index (χ3v) is 3.68. The van der Waals surface area contributed by atoms with Crippen LogP contribution in [0, 0.1) is 0 Å². The number of aliphatic hydroxyl groups is 3. The molecule has 0 heterocycles. The molecule has 1 aliphatic carbocycles. The Morgan fingerprint density at radius 3 is 2.42 bits per heavy atom. The van der Waals surface area contributed by atoms with Crippen LogP contribution in [0.15, 0.2) is 42.5 Å². The fraction of sp³-hybridized carbons (Fsp3) is 0.250. The van der Waals surface area contributed by atoms with Crippen LogP contribution in [-0.2, 0) is 12.8 Å². The minimum atomic E-state index is -2.59. The summed E-state index contributed by atoms with van der Waals surface area (Å²) in [5, 5.41) is 27.0. The molecule has 0 unspecified atom stereocenters. The third-order valence-electron chi connectivity index (χ3n) is 3.68. The molecule has 0 radical (unpaired) electrons. The van der Waals surface area contributed by atoms with Gasteiger partial charge in [0.25, 0.3) is 5.97 Å². The summed E-state index contributed by atoms with van der Waals surface area (Å²) in [5.74, 6) is -2.59. The summed E-state index contributed by atoms with van der Waals surface area (Å²) in [5.41, 5.74) is 6.06. The number of fused-ring (bicyclic) bond motifs is 3. The summed E-state index contributed by atoms with van der Waals surface area (Å²) >= 11 is 0. The number of aryl methyl sites for hydroxylation is 1. The van der Waals surface area contributed by atoms with Crippen LogP contribution >= 0.6 is 0 Å². The van der Waals surface area contributed by atoms with Crippen LogP contribution < -0.4 is 0 Å². The van der Waals surface area contributed by atoms with Gasteiger partial charge >= 0.3 is 0 Å². The molecule has 98 valence electrons. The smallest absolute Gasteiger partial charge is 0.275 e. The molecule has 0 atom stereocenters. The van der Waals surface area contributed by atoms with Crippen molar-refractivity contribution < 1.29 is 15.3 Å². The van der Waals surface area contributed by atoms with Gasteiger partial charge in [0.1, 0.15) is 0 Å². The second-order valence-electron chi connectivity index (χ2n) is 5.05. The molecule has 2 aromatic carbocycles. The van der Waals surface area contributed by atoms with Crippen molar-refractivity contribution in [3.05, 3.63) is 59.2 Å². The van der Waals surface area contributed by atoms with Gasteiger partial charge in [-0.3, -0.25) is 0 Å². The molecule has 2 aromatic rings. The van der Waals surface area contributed by atoms with E-state index in [1.165, 1.54) is 22.3 Å². The Morgan fingerprint density at radius 1 is 0.895 bits per heavy atom. The van der Waals surface area contributed by atoms with Crippen molar-refractivity contribution in [1.82, 2.24) is 0 Å². The Hall–Kier alpha value is -1.68. The zero-order chi connectivity index (χ0) is 13.5. The second-order valence-corrected chi connectivity index (χ2v) is 5.05. The van der Waals surface area contributed by atoms with Gasteiger partial charge in [-0.1, -0.05) is 42.5 Å². The Labute approximate surface area is 111 Å². The van der Waals surface area contributed by atoms with Gasteiger partial charge < -0.3 is 15.3 Å². The molecule has 19 heavy (non-hydrogen) atoms. The Bertz CT molecular complexity index is 612. The molecule has 0 aliphatic heterocycles. The average Bonchev–Trinajstić information content (AvgIpc) is 2.74. The average molecular weight is 256 g/mol. The summed E-state index contributed by atoms with van der Waals surface area (Å²) in [7, 11) is 0. The maximum Gasteiger partial charge on any atom is 0.275 e. The maximum absolute atomic E-state index is 9.01. The first-order valence-electron chi connectivity index (χ1n) is 6.41. The molecule has 3 nitrogen and oxygen atoms in total. The van der Waals surface area contributed by atoms with Crippen molar-refractivity contribution in [3.8, 4) is 11.1 Å². The zero-order valence-electron chi connectivity index (χ0n) is 10.5. The van der Waals surface area contributed by atoms with Crippen molar-refractivity contribution in [3.63, 3.8) is 0 Å². The molecule has 1 aliphatic rings. The molecule has 0 fully saturated rings. The minimum absolute atomic E-state index is 0.0835. The SMILES string of the molecule is OC(O)(O)CCc1cccc2c1Cc1ccccc1-2. The summed E-state index contributed by atoms with van der Waals surface area (Å²) in [6.07, 6.45) is 1.23. The predicted molar refractivity (Wildman–Crippen MR) is 72.4 cm³/mol. The van der Waals surface area contributed by atoms with Crippen molar-refractivity contribution in [2.24, 2.45) is 0 Å². The van der Waals surface area contributed by atoms with Crippen LogP contribution in [0.25, 0.3) is 11.1 Å². The molecule has 0 saturated carbocycles. The highest BCUT2D eigenvalue weighted by Crippen LogP contribution is 2.38. The molecule has 3 rings (SSSR count). The van der Waals surface area contributed by atoms with Crippen LogP contribution in [0.4, 0.5) is 0 Å². The fourth-order valence-electron chi connectivity index (χ4n) is 2.76. The van der Waals surface area contributed by atoms with Crippen molar-refractivity contribution in [2.75, 3.05) is 0 Å². The Kier molecular flexibility index (Phi) is 2.90. The van der Waals surface area contributed by atoms with Crippen molar-refractivity contribution >= 4 is 0 Å². The van der Waals surface area contributed by atoms with Crippen LogP contribution in [0.2, 0.25) is 0 Å². The van der Waals surface area contributed by atoms with Crippen LogP contribution in [-0.4, -0.2) is 21.3 Å². The van der Waals surface area contributed by atoms with E-state index < -0.39 is 5.97 Å². The maximum atomic E-state index is 9.01. The largest absolute Gasteiger partial charge is 0.344 e.